The largest absolute Gasteiger partial charge is 0.273 e. The molecule has 2 heterocycles. The van der Waals surface area contributed by atoms with Crippen molar-refractivity contribution in [2.24, 2.45) is 0 Å². The molecule has 2 aromatic rings. The number of rotatable bonds is 3. The molecule has 2 aliphatic heterocycles. The van der Waals surface area contributed by atoms with Gasteiger partial charge in [-0.05, 0) is 37.3 Å². The van der Waals surface area contributed by atoms with E-state index in [0.29, 0.717) is 19.0 Å². The molecule has 1 amide bonds. The molecule has 24 heavy (non-hydrogen) atoms. The number of amides is 1. The van der Waals surface area contributed by atoms with Gasteiger partial charge in [0.2, 0.25) is 5.91 Å². The van der Waals surface area contributed by atoms with Crippen LogP contribution in [-0.2, 0) is 16.9 Å². The van der Waals surface area contributed by atoms with Crippen molar-refractivity contribution in [2.75, 3.05) is 0 Å². The standard InChI is InChI=1S/C21H24N2O/c1-21(18-11-6-3-7-12-18)14-8-13-19-15-20(24)22(23(19)21)16-17-9-4-2-5-10-17/h2-7,9-12,19H,8,13-16H2,1H3/t19-,21-/m0/s1. The van der Waals surface area contributed by atoms with E-state index in [1.807, 2.05) is 23.2 Å². The molecule has 0 bridgehead atoms. The molecule has 0 unspecified atom stereocenters. The van der Waals surface area contributed by atoms with Gasteiger partial charge in [0.1, 0.15) is 0 Å². The summed E-state index contributed by atoms with van der Waals surface area (Å²) in [5, 5.41) is 4.40. The van der Waals surface area contributed by atoms with Gasteiger partial charge in [0.05, 0.1) is 12.1 Å². The van der Waals surface area contributed by atoms with Gasteiger partial charge >= 0.3 is 0 Å². The van der Waals surface area contributed by atoms with Crippen LogP contribution >= 0.6 is 0 Å². The molecule has 0 saturated carbocycles. The van der Waals surface area contributed by atoms with Gasteiger partial charge in [-0.3, -0.25) is 9.80 Å². The monoisotopic (exact) mass is 320 g/mol. The average Bonchev–Trinajstić information content (AvgIpc) is 2.94. The maximum absolute atomic E-state index is 12.7. The van der Waals surface area contributed by atoms with Gasteiger partial charge in [-0.15, -0.1) is 0 Å². The highest BCUT2D eigenvalue weighted by Gasteiger charge is 2.50. The van der Waals surface area contributed by atoms with E-state index in [9.17, 15) is 4.79 Å². The maximum Gasteiger partial charge on any atom is 0.238 e. The Kier molecular flexibility index (Phi) is 3.89. The lowest BCUT2D eigenvalue weighted by Gasteiger charge is -2.49. The third-order valence-electron chi connectivity index (χ3n) is 5.58. The third kappa shape index (κ3) is 2.53. The van der Waals surface area contributed by atoms with Gasteiger partial charge < -0.3 is 0 Å². The van der Waals surface area contributed by atoms with Crippen LogP contribution in [0.4, 0.5) is 0 Å². The zero-order chi connectivity index (χ0) is 16.6. The number of carbonyl (C=O) groups excluding carboxylic acids is 1. The summed E-state index contributed by atoms with van der Waals surface area (Å²) in [6, 6.07) is 21.3. The molecular formula is C21H24N2O. The van der Waals surface area contributed by atoms with Gasteiger partial charge in [0.25, 0.3) is 0 Å². The zero-order valence-electron chi connectivity index (χ0n) is 14.2. The fraction of sp³-hybridized carbons (Fsp3) is 0.381. The molecule has 3 heteroatoms. The van der Waals surface area contributed by atoms with Crippen LogP contribution in [0.25, 0.3) is 0 Å². The Morgan fingerprint density at radius 2 is 1.71 bits per heavy atom. The van der Waals surface area contributed by atoms with Gasteiger partial charge in [0.15, 0.2) is 0 Å². The highest BCUT2D eigenvalue weighted by molar-refractivity contribution is 5.78. The molecule has 0 spiro atoms. The van der Waals surface area contributed by atoms with Crippen LogP contribution in [0.15, 0.2) is 60.7 Å². The average molecular weight is 320 g/mol. The molecule has 2 aliphatic rings. The smallest absolute Gasteiger partial charge is 0.238 e. The summed E-state index contributed by atoms with van der Waals surface area (Å²) in [5.74, 6) is 0.257. The number of fused-ring (bicyclic) bond motifs is 1. The van der Waals surface area contributed by atoms with Crippen molar-refractivity contribution in [3.63, 3.8) is 0 Å². The molecule has 2 saturated heterocycles. The normalized spacial score (nSPS) is 27.3. The van der Waals surface area contributed by atoms with Crippen LogP contribution in [0.2, 0.25) is 0 Å². The van der Waals surface area contributed by atoms with Gasteiger partial charge in [0, 0.05) is 12.5 Å². The van der Waals surface area contributed by atoms with Gasteiger partial charge in [-0.2, -0.15) is 0 Å². The minimum atomic E-state index is -0.106. The lowest BCUT2D eigenvalue weighted by atomic mass is 9.81. The number of hydrogen-bond acceptors (Lipinski definition) is 2. The topological polar surface area (TPSA) is 23.6 Å². The summed E-state index contributed by atoms with van der Waals surface area (Å²) in [6.45, 7) is 2.96. The van der Waals surface area contributed by atoms with Crippen molar-refractivity contribution in [1.29, 1.82) is 0 Å². The molecule has 0 radical (unpaired) electrons. The highest BCUT2D eigenvalue weighted by Crippen LogP contribution is 2.45. The van der Waals surface area contributed by atoms with Gasteiger partial charge in [-0.1, -0.05) is 60.7 Å². The molecule has 0 aromatic heterocycles. The lowest BCUT2D eigenvalue weighted by molar-refractivity contribution is -0.159. The van der Waals surface area contributed by atoms with Crippen LogP contribution in [0.5, 0.6) is 0 Å². The minimum absolute atomic E-state index is 0.106. The first-order chi connectivity index (χ1) is 11.7. The Morgan fingerprint density at radius 3 is 2.42 bits per heavy atom. The van der Waals surface area contributed by atoms with Crippen molar-refractivity contribution in [2.45, 2.75) is 50.7 Å². The van der Waals surface area contributed by atoms with Crippen LogP contribution in [0, 0.1) is 0 Å². The number of nitrogens with zero attached hydrogens (tertiary/aromatic N) is 2. The number of piperidine rings is 1. The molecule has 124 valence electrons. The summed E-state index contributed by atoms with van der Waals surface area (Å²) in [4.78, 5) is 12.7. The second-order valence-corrected chi connectivity index (χ2v) is 7.17. The van der Waals surface area contributed by atoms with E-state index in [1.54, 1.807) is 0 Å². The first-order valence-corrected chi connectivity index (χ1v) is 8.87. The van der Waals surface area contributed by atoms with E-state index >= 15 is 0 Å². The Bertz CT molecular complexity index is 715. The molecule has 2 fully saturated rings. The van der Waals surface area contributed by atoms with Crippen molar-refractivity contribution >= 4 is 5.91 Å². The molecule has 4 rings (SSSR count). The van der Waals surface area contributed by atoms with Crippen molar-refractivity contribution in [3.8, 4) is 0 Å². The number of hydrazine groups is 1. The predicted molar refractivity (Wildman–Crippen MR) is 94.9 cm³/mol. The number of carbonyl (C=O) groups is 1. The molecule has 0 aliphatic carbocycles. The Labute approximate surface area is 143 Å². The van der Waals surface area contributed by atoms with E-state index in [-0.39, 0.29) is 11.4 Å². The lowest BCUT2D eigenvalue weighted by Crippen LogP contribution is -2.56. The van der Waals surface area contributed by atoms with Crippen LogP contribution in [-0.4, -0.2) is 22.0 Å². The first-order valence-electron chi connectivity index (χ1n) is 8.87. The summed E-state index contributed by atoms with van der Waals surface area (Å²) in [7, 11) is 0. The van der Waals surface area contributed by atoms with E-state index in [0.717, 1.165) is 12.8 Å². The highest BCUT2D eigenvalue weighted by atomic mass is 16.2. The Morgan fingerprint density at radius 1 is 1.04 bits per heavy atom. The van der Waals surface area contributed by atoms with E-state index in [1.165, 1.54) is 17.5 Å². The van der Waals surface area contributed by atoms with E-state index in [2.05, 4.69) is 54.4 Å². The Balaban J connectivity index is 1.70. The maximum atomic E-state index is 12.7. The van der Waals surface area contributed by atoms with Crippen molar-refractivity contribution in [1.82, 2.24) is 10.0 Å². The van der Waals surface area contributed by atoms with Gasteiger partial charge in [-0.25, -0.2) is 5.01 Å². The molecule has 2 atom stereocenters. The molecule has 0 N–H and O–H groups in total. The SMILES string of the molecule is C[C@@]1(c2ccccc2)CCC[C@H]2CC(=O)N(Cc3ccccc3)N21. The van der Waals surface area contributed by atoms with Crippen LogP contribution in [0.1, 0.15) is 43.7 Å². The second kappa shape index (κ2) is 6.06. The van der Waals surface area contributed by atoms with E-state index in [4.69, 9.17) is 0 Å². The fourth-order valence-electron chi connectivity index (χ4n) is 4.40. The minimum Gasteiger partial charge on any atom is -0.273 e. The summed E-state index contributed by atoms with van der Waals surface area (Å²) >= 11 is 0. The summed E-state index contributed by atoms with van der Waals surface area (Å²) in [5.41, 5.74) is 2.39. The summed E-state index contributed by atoms with van der Waals surface area (Å²) < 4.78 is 0. The molecule has 3 nitrogen and oxygen atoms in total. The van der Waals surface area contributed by atoms with Crippen LogP contribution < -0.4 is 0 Å². The fourth-order valence-corrected chi connectivity index (χ4v) is 4.40. The first kappa shape index (κ1) is 15.4. The molecular weight excluding hydrogens is 296 g/mol. The molecule has 2 aromatic carbocycles. The Hall–Kier alpha value is -2.13. The third-order valence-corrected chi connectivity index (χ3v) is 5.58. The van der Waals surface area contributed by atoms with Crippen molar-refractivity contribution < 1.29 is 4.79 Å². The van der Waals surface area contributed by atoms with E-state index < -0.39 is 0 Å². The number of benzene rings is 2. The zero-order valence-corrected chi connectivity index (χ0v) is 14.2. The predicted octanol–water partition coefficient (Wildman–Crippen LogP) is 4.10. The quantitative estimate of drug-likeness (QED) is 0.850. The van der Waals surface area contributed by atoms with Crippen LogP contribution in [0.3, 0.4) is 0 Å². The summed E-state index contributed by atoms with van der Waals surface area (Å²) in [6.07, 6.45) is 4.03. The second-order valence-electron chi connectivity index (χ2n) is 7.17. The number of hydrogen-bond donors (Lipinski definition) is 0. The van der Waals surface area contributed by atoms with Crippen molar-refractivity contribution in [3.05, 3.63) is 71.8 Å².